The van der Waals surface area contributed by atoms with Crippen LogP contribution in [0.25, 0.3) is 0 Å². The Morgan fingerprint density at radius 1 is 1.18 bits per heavy atom. The summed E-state index contributed by atoms with van der Waals surface area (Å²) in [5.41, 5.74) is 0.778. The van der Waals surface area contributed by atoms with Crippen molar-refractivity contribution in [2.45, 2.75) is 37.7 Å². The summed E-state index contributed by atoms with van der Waals surface area (Å²) in [4.78, 5) is 12.6. The van der Waals surface area contributed by atoms with Crippen LogP contribution in [0.15, 0.2) is 41.3 Å². The van der Waals surface area contributed by atoms with E-state index in [1.54, 1.807) is 13.0 Å². The van der Waals surface area contributed by atoms with Crippen molar-refractivity contribution in [3.63, 3.8) is 0 Å². The Morgan fingerprint density at radius 2 is 1.89 bits per heavy atom. The summed E-state index contributed by atoms with van der Waals surface area (Å²) in [7, 11) is -3.67. The summed E-state index contributed by atoms with van der Waals surface area (Å²) in [6.45, 7) is 2.29. The number of sulfonamides is 1. The molecule has 2 aromatic carbocycles. The Morgan fingerprint density at radius 3 is 2.57 bits per heavy atom. The van der Waals surface area contributed by atoms with Crippen LogP contribution < -0.4 is 0 Å². The summed E-state index contributed by atoms with van der Waals surface area (Å²) < 4.78 is 46.2. The van der Waals surface area contributed by atoms with Crippen molar-refractivity contribution < 1.29 is 22.3 Å². The number of benzene rings is 2. The van der Waals surface area contributed by atoms with Gasteiger partial charge in [0.1, 0.15) is 12.4 Å². The minimum Gasteiger partial charge on any atom is -0.457 e. The molecule has 1 fully saturated rings. The first-order valence-corrected chi connectivity index (χ1v) is 10.8. The van der Waals surface area contributed by atoms with Crippen molar-refractivity contribution >= 4 is 27.6 Å². The van der Waals surface area contributed by atoms with E-state index in [4.69, 9.17) is 16.3 Å². The number of rotatable bonds is 5. The first-order chi connectivity index (χ1) is 13.3. The normalized spacial score (nSPS) is 15.4. The van der Waals surface area contributed by atoms with Gasteiger partial charge in [0.05, 0.1) is 15.5 Å². The molecule has 1 saturated heterocycles. The molecule has 0 bridgehead atoms. The topological polar surface area (TPSA) is 63.7 Å². The Kier molecular flexibility index (Phi) is 6.37. The number of aryl methyl sites for hydroxylation is 1. The molecule has 28 heavy (non-hydrogen) atoms. The highest BCUT2D eigenvalue weighted by Gasteiger charge is 2.27. The number of esters is 1. The second-order valence-corrected chi connectivity index (χ2v) is 9.06. The van der Waals surface area contributed by atoms with Gasteiger partial charge in [-0.2, -0.15) is 4.31 Å². The van der Waals surface area contributed by atoms with E-state index in [2.05, 4.69) is 0 Å². The lowest BCUT2D eigenvalue weighted by Gasteiger charge is -2.26. The monoisotopic (exact) mass is 425 g/mol. The van der Waals surface area contributed by atoms with Crippen LogP contribution in [-0.4, -0.2) is 31.8 Å². The van der Waals surface area contributed by atoms with Gasteiger partial charge in [-0.1, -0.05) is 30.2 Å². The number of ether oxygens (including phenoxy) is 1. The summed E-state index contributed by atoms with van der Waals surface area (Å²) >= 11 is 5.95. The number of hydrogen-bond donors (Lipinski definition) is 0. The molecular weight excluding hydrogens is 405 g/mol. The van der Waals surface area contributed by atoms with Gasteiger partial charge in [-0.25, -0.2) is 17.6 Å². The van der Waals surface area contributed by atoms with E-state index in [0.717, 1.165) is 19.3 Å². The predicted octanol–water partition coefficient (Wildman–Crippen LogP) is 4.32. The van der Waals surface area contributed by atoms with Crippen LogP contribution in [0.1, 0.15) is 40.7 Å². The molecule has 1 aliphatic heterocycles. The highest BCUT2D eigenvalue weighted by molar-refractivity contribution is 7.89. The Labute approximate surface area is 169 Å². The summed E-state index contributed by atoms with van der Waals surface area (Å²) in [6, 6.07) is 8.58. The van der Waals surface area contributed by atoms with Gasteiger partial charge in [-0.15, -0.1) is 0 Å². The van der Waals surface area contributed by atoms with E-state index in [-0.39, 0.29) is 27.7 Å². The molecule has 0 saturated carbocycles. The Hall–Kier alpha value is -1.96. The molecule has 1 aliphatic rings. The van der Waals surface area contributed by atoms with Gasteiger partial charge in [0.2, 0.25) is 10.0 Å². The second kappa shape index (κ2) is 8.59. The van der Waals surface area contributed by atoms with E-state index >= 15 is 0 Å². The van der Waals surface area contributed by atoms with E-state index in [9.17, 15) is 17.6 Å². The number of carbonyl (C=O) groups is 1. The first kappa shape index (κ1) is 20.8. The molecule has 0 atom stereocenters. The van der Waals surface area contributed by atoms with Gasteiger partial charge in [-0.3, -0.25) is 0 Å². The third kappa shape index (κ3) is 4.37. The zero-order valence-corrected chi connectivity index (χ0v) is 17.0. The van der Waals surface area contributed by atoms with Gasteiger partial charge < -0.3 is 4.74 Å². The summed E-state index contributed by atoms with van der Waals surface area (Å²) in [6.07, 6.45) is 2.66. The highest BCUT2D eigenvalue weighted by Crippen LogP contribution is 2.24. The third-order valence-corrected chi connectivity index (χ3v) is 7.04. The molecule has 0 spiro atoms. The standard InChI is InChI=1S/C20H21ClFNO4S/c1-14-8-9-15(28(25,26)23-10-3-2-4-11-23)12-16(14)20(24)27-13-17-18(21)6-5-7-19(17)22/h5-9,12H,2-4,10-11,13H2,1H3. The van der Waals surface area contributed by atoms with Gasteiger partial charge >= 0.3 is 5.97 Å². The maximum Gasteiger partial charge on any atom is 0.338 e. The maximum atomic E-state index is 13.8. The SMILES string of the molecule is Cc1ccc(S(=O)(=O)N2CCCCC2)cc1C(=O)OCc1c(F)cccc1Cl. The van der Waals surface area contributed by atoms with Crippen LogP contribution in [0.4, 0.5) is 4.39 Å². The Bertz CT molecular complexity index is 967. The van der Waals surface area contributed by atoms with E-state index < -0.39 is 21.8 Å². The van der Waals surface area contributed by atoms with Crippen molar-refractivity contribution in [3.8, 4) is 0 Å². The van der Waals surface area contributed by atoms with Crippen LogP contribution in [0.2, 0.25) is 5.02 Å². The molecular formula is C20H21ClFNO4S. The van der Waals surface area contributed by atoms with E-state index in [0.29, 0.717) is 18.7 Å². The van der Waals surface area contributed by atoms with Crippen LogP contribution in [0.5, 0.6) is 0 Å². The average Bonchev–Trinajstić information content (AvgIpc) is 2.68. The molecule has 8 heteroatoms. The highest BCUT2D eigenvalue weighted by atomic mass is 35.5. The number of hydrogen-bond acceptors (Lipinski definition) is 4. The lowest BCUT2D eigenvalue weighted by atomic mass is 10.1. The van der Waals surface area contributed by atoms with Crippen LogP contribution in [0.3, 0.4) is 0 Å². The lowest BCUT2D eigenvalue weighted by molar-refractivity contribution is 0.0468. The quantitative estimate of drug-likeness (QED) is 0.669. The minimum absolute atomic E-state index is 0.0517. The zero-order valence-electron chi connectivity index (χ0n) is 15.5. The Balaban J connectivity index is 1.82. The molecule has 0 aliphatic carbocycles. The lowest BCUT2D eigenvalue weighted by Crippen LogP contribution is -2.35. The molecule has 0 N–H and O–H groups in total. The van der Waals surface area contributed by atoms with Crippen molar-refractivity contribution in [1.29, 1.82) is 0 Å². The summed E-state index contributed by atoms with van der Waals surface area (Å²) in [5.74, 6) is -1.30. The first-order valence-electron chi connectivity index (χ1n) is 9.01. The molecule has 0 amide bonds. The fraction of sp³-hybridized carbons (Fsp3) is 0.350. The smallest absolute Gasteiger partial charge is 0.338 e. The minimum atomic E-state index is -3.67. The van der Waals surface area contributed by atoms with E-state index in [1.165, 1.54) is 34.6 Å². The second-order valence-electron chi connectivity index (χ2n) is 6.72. The number of carbonyl (C=O) groups excluding carboxylic acids is 1. The molecule has 1 heterocycles. The summed E-state index contributed by atoms with van der Waals surface area (Å²) in [5, 5.41) is 0.158. The molecule has 2 aromatic rings. The van der Waals surface area contributed by atoms with Gasteiger partial charge in [0.25, 0.3) is 0 Å². The zero-order chi connectivity index (χ0) is 20.3. The molecule has 3 rings (SSSR count). The largest absolute Gasteiger partial charge is 0.457 e. The fourth-order valence-electron chi connectivity index (χ4n) is 3.12. The van der Waals surface area contributed by atoms with Gasteiger partial charge in [0, 0.05) is 18.7 Å². The average molecular weight is 426 g/mol. The van der Waals surface area contributed by atoms with E-state index in [1.807, 2.05) is 0 Å². The maximum absolute atomic E-state index is 13.8. The molecule has 5 nitrogen and oxygen atoms in total. The third-order valence-electron chi connectivity index (χ3n) is 4.79. The van der Waals surface area contributed by atoms with Crippen LogP contribution in [-0.2, 0) is 21.4 Å². The van der Waals surface area contributed by atoms with Gasteiger partial charge in [-0.05, 0) is 49.6 Å². The van der Waals surface area contributed by atoms with Crippen LogP contribution in [0, 0.1) is 12.7 Å². The van der Waals surface area contributed by atoms with Crippen LogP contribution >= 0.6 is 11.6 Å². The van der Waals surface area contributed by atoms with Crippen molar-refractivity contribution in [2.75, 3.05) is 13.1 Å². The predicted molar refractivity (Wildman–Crippen MR) is 104 cm³/mol. The fourth-order valence-corrected chi connectivity index (χ4v) is 4.88. The van der Waals surface area contributed by atoms with Gasteiger partial charge in [0.15, 0.2) is 0 Å². The molecule has 150 valence electrons. The molecule has 0 aromatic heterocycles. The van der Waals surface area contributed by atoms with Crippen molar-refractivity contribution in [3.05, 3.63) is 63.9 Å². The molecule has 0 radical (unpaired) electrons. The molecule has 0 unspecified atom stereocenters. The van der Waals surface area contributed by atoms with Crippen molar-refractivity contribution in [1.82, 2.24) is 4.31 Å². The number of halogens is 2. The van der Waals surface area contributed by atoms with Crippen molar-refractivity contribution in [2.24, 2.45) is 0 Å². The number of piperidine rings is 1. The number of nitrogens with zero attached hydrogens (tertiary/aromatic N) is 1.